The minimum absolute atomic E-state index is 0.00755. The van der Waals surface area contributed by atoms with Gasteiger partial charge in [-0.1, -0.05) is 17.7 Å². The summed E-state index contributed by atoms with van der Waals surface area (Å²) in [7, 11) is 1.43. The number of nitrogens with zero attached hydrogens (tertiary/aromatic N) is 5. The molecule has 0 bridgehead atoms. The van der Waals surface area contributed by atoms with Crippen LogP contribution in [0.5, 0.6) is 0 Å². The van der Waals surface area contributed by atoms with E-state index in [2.05, 4.69) is 45.5 Å². The zero-order valence-corrected chi connectivity index (χ0v) is 30.3. The lowest BCUT2D eigenvalue weighted by molar-refractivity contribution is -0.141. The lowest BCUT2D eigenvalue weighted by Crippen LogP contribution is -2.48. The molecule has 2 fully saturated rings. The number of methoxy groups -OCH3 is 1. The van der Waals surface area contributed by atoms with Crippen molar-refractivity contribution in [3.8, 4) is 0 Å². The fourth-order valence-corrected chi connectivity index (χ4v) is 7.11. The molecule has 0 radical (unpaired) electrons. The van der Waals surface area contributed by atoms with Crippen molar-refractivity contribution in [3.63, 3.8) is 0 Å². The van der Waals surface area contributed by atoms with E-state index < -0.39 is 5.97 Å². The molecule has 3 aliphatic heterocycles. The number of aromatic nitrogens is 1. The van der Waals surface area contributed by atoms with Crippen LogP contribution < -0.4 is 16.0 Å². The van der Waals surface area contributed by atoms with Gasteiger partial charge in [-0.05, 0) is 81.0 Å². The number of carboxylic acid groups (broad SMARTS) is 1. The van der Waals surface area contributed by atoms with Gasteiger partial charge in [0.1, 0.15) is 5.82 Å². The van der Waals surface area contributed by atoms with Crippen LogP contribution in [0.1, 0.15) is 75.1 Å². The van der Waals surface area contributed by atoms with Gasteiger partial charge in [0.2, 0.25) is 5.91 Å². The number of rotatable bonds is 14. The van der Waals surface area contributed by atoms with Crippen LogP contribution >= 0.6 is 0 Å². The average molecular weight is 700 g/mol. The highest BCUT2D eigenvalue weighted by Gasteiger charge is 2.27. The lowest BCUT2D eigenvalue weighted by Gasteiger charge is -2.36. The first-order chi connectivity index (χ1) is 24.6. The number of benzene rings is 1. The van der Waals surface area contributed by atoms with Crippen molar-refractivity contribution in [2.45, 2.75) is 71.1 Å². The third-order valence-corrected chi connectivity index (χ3v) is 9.76. The number of esters is 1. The number of allylic oxidation sites excluding steroid dienone is 3. The molecule has 3 aliphatic rings. The number of hydrogen-bond donors (Lipinski definition) is 3. The third-order valence-electron chi connectivity index (χ3n) is 9.76. The van der Waals surface area contributed by atoms with Crippen molar-refractivity contribution in [2.24, 2.45) is 10.7 Å². The number of pyridine rings is 1. The standard InChI is InChI=1S/C39H53N7O5/c1-27(40)20-28(2)42-34-21-31(22-35(24-34)45-16-18-46(19-17-45)36(47)7-4-8-37(48)49)32(23-38(50)51-3)26-44-15-13-29(25-44)9-11-33-12-10-30-6-5-14-41-39(30)43-33/h9-10,12,20-22,24,32H,4-8,11,13-19,23,25-26,40H2,1-3H3,(H,41,43)(H,48,49)/b27-20-,29-9+,42-28?/t32-/m0/s1. The monoisotopic (exact) mass is 699 g/mol. The molecule has 5 rings (SSSR count). The van der Waals surface area contributed by atoms with Crippen LogP contribution in [0.25, 0.3) is 0 Å². The van der Waals surface area contributed by atoms with Gasteiger partial charge in [0.05, 0.1) is 19.2 Å². The van der Waals surface area contributed by atoms with Gasteiger partial charge < -0.3 is 30.7 Å². The molecule has 2 saturated heterocycles. The van der Waals surface area contributed by atoms with Crippen LogP contribution in [-0.4, -0.2) is 103 Å². The number of aliphatic imine (C=N–C) groups is 1. The van der Waals surface area contributed by atoms with E-state index in [0.29, 0.717) is 44.8 Å². The Balaban J connectivity index is 1.32. The molecule has 0 aliphatic carbocycles. The Kier molecular flexibility index (Phi) is 13.2. The van der Waals surface area contributed by atoms with E-state index >= 15 is 0 Å². The molecule has 1 aromatic heterocycles. The van der Waals surface area contributed by atoms with E-state index in [1.807, 2.05) is 30.9 Å². The molecule has 0 saturated carbocycles. The molecular formula is C39H53N7O5. The Hall–Kier alpha value is -4.71. The van der Waals surface area contributed by atoms with Crippen molar-refractivity contribution >= 4 is 40.8 Å². The van der Waals surface area contributed by atoms with Gasteiger partial charge in [-0.2, -0.15) is 0 Å². The van der Waals surface area contributed by atoms with Crippen LogP contribution in [0, 0.1) is 0 Å². The Morgan fingerprint density at radius 3 is 2.63 bits per heavy atom. The number of anilines is 2. The zero-order chi connectivity index (χ0) is 36.3. The van der Waals surface area contributed by atoms with Gasteiger partial charge >= 0.3 is 11.9 Å². The minimum Gasteiger partial charge on any atom is -0.481 e. The Morgan fingerprint density at radius 1 is 1.08 bits per heavy atom. The van der Waals surface area contributed by atoms with Crippen molar-refractivity contribution < 1.29 is 24.2 Å². The second kappa shape index (κ2) is 18.0. The maximum Gasteiger partial charge on any atom is 0.306 e. The molecule has 274 valence electrons. The minimum atomic E-state index is -0.887. The summed E-state index contributed by atoms with van der Waals surface area (Å²) in [4.78, 5) is 52.6. The molecule has 51 heavy (non-hydrogen) atoms. The van der Waals surface area contributed by atoms with E-state index in [1.54, 1.807) is 0 Å². The number of carbonyl (C=O) groups is 3. The smallest absolute Gasteiger partial charge is 0.306 e. The number of nitrogens with two attached hydrogens (primary N) is 1. The predicted octanol–water partition coefficient (Wildman–Crippen LogP) is 4.82. The molecule has 12 heteroatoms. The number of fused-ring (bicyclic) bond motifs is 1. The quantitative estimate of drug-likeness (QED) is 0.142. The highest BCUT2D eigenvalue weighted by atomic mass is 16.5. The Bertz CT molecular complexity index is 1660. The second-order valence-electron chi connectivity index (χ2n) is 13.9. The van der Waals surface area contributed by atoms with Gasteiger partial charge in [0.25, 0.3) is 0 Å². The maximum absolute atomic E-state index is 12.8. The fraction of sp³-hybridized carbons (Fsp3) is 0.513. The number of hydrogen-bond acceptors (Lipinski definition) is 10. The van der Waals surface area contributed by atoms with Crippen molar-refractivity contribution in [3.05, 3.63) is 70.6 Å². The normalized spacial score (nSPS) is 18.4. The van der Waals surface area contributed by atoms with E-state index in [-0.39, 0.29) is 37.1 Å². The van der Waals surface area contributed by atoms with Gasteiger partial charge in [-0.15, -0.1) is 0 Å². The topological polar surface area (TPSA) is 154 Å². The number of amides is 1. The Labute approximate surface area is 301 Å². The summed E-state index contributed by atoms with van der Waals surface area (Å²) in [5, 5.41) is 12.4. The van der Waals surface area contributed by atoms with Gasteiger partial charge in [0, 0.05) is 100 Å². The summed E-state index contributed by atoms with van der Waals surface area (Å²) in [6, 6.07) is 10.6. The van der Waals surface area contributed by atoms with Crippen LogP contribution in [-0.2, 0) is 32.0 Å². The maximum atomic E-state index is 12.8. The zero-order valence-electron chi connectivity index (χ0n) is 30.3. The number of piperazine rings is 1. The van der Waals surface area contributed by atoms with Crippen LogP contribution in [0.3, 0.4) is 0 Å². The lowest BCUT2D eigenvalue weighted by atomic mass is 9.93. The molecule has 1 aromatic carbocycles. The molecule has 2 aromatic rings. The van der Waals surface area contributed by atoms with Crippen molar-refractivity contribution in [1.82, 2.24) is 14.8 Å². The second-order valence-corrected chi connectivity index (χ2v) is 13.9. The summed E-state index contributed by atoms with van der Waals surface area (Å²) in [6.45, 7) is 9.53. The van der Waals surface area contributed by atoms with E-state index in [0.717, 1.165) is 79.5 Å². The van der Waals surface area contributed by atoms with Crippen LogP contribution in [0.2, 0.25) is 0 Å². The number of aryl methyl sites for hydroxylation is 1. The molecule has 4 N–H and O–H groups in total. The third kappa shape index (κ3) is 11.1. The molecule has 1 atom stereocenters. The number of likely N-dealkylation sites (tertiary alicyclic amines) is 1. The summed E-state index contributed by atoms with van der Waals surface area (Å²) in [5.41, 5.74) is 13.9. The van der Waals surface area contributed by atoms with E-state index in [9.17, 15) is 14.4 Å². The largest absolute Gasteiger partial charge is 0.481 e. The fourth-order valence-electron chi connectivity index (χ4n) is 7.11. The van der Waals surface area contributed by atoms with Gasteiger partial charge in [-0.3, -0.25) is 24.3 Å². The number of ether oxygens (including phenoxy) is 1. The molecule has 12 nitrogen and oxygen atoms in total. The first kappa shape index (κ1) is 37.5. The van der Waals surface area contributed by atoms with E-state index in [1.165, 1.54) is 18.2 Å². The van der Waals surface area contributed by atoms with Gasteiger partial charge in [0.15, 0.2) is 0 Å². The Morgan fingerprint density at radius 2 is 1.88 bits per heavy atom. The predicted molar refractivity (Wildman–Crippen MR) is 201 cm³/mol. The molecule has 4 heterocycles. The SMILES string of the molecule is COC(=O)C[C@@H](CN1CC/C(=C\Cc2ccc3c(n2)NCCC3)C1)c1cc(N=C(C)/C=C(/C)N)cc(N2CCN(C(=O)CCCC(=O)O)CC2)c1. The van der Waals surface area contributed by atoms with E-state index in [4.69, 9.17) is 25.6 Å². The summed E-state index contributed by atoms with van der Waals surface area (Å²) < 4.78 is 5.16. The number of nitrogens with one attached hydrogen (secondary N) is 1. The average Bonchev–Trinajstić information content (AvgIpc) is 3.56. The highest BCUT2D eigenvalue weighted by molar-refractivity contribution is 5.95. The number of carbonyl (C=O) groups excluding carboxylic acids is 2. The van der Waals surface area contributed by atoms with Crippen LogP contribution in [0.15, 0.2) is 58.7 Å². The number of aliphatic carboxylic acids is 1. The first-order valence-electron chi connectivity index (χ1n) is 18.1. The first-order valence-corrected chi connectivity index (χ1v) is 18.1. The van der Waals surface area contributed by atoms with Crippen molar-refractivity contribution in [1.29, 1.82) is 0 Å². The van der Waals surface area contributed by atoms with Crippen LogP contribution in [0.4, 0.5) is 17.2 Å². The molecule has 1 amide bonds. The van der Waals surface area contributed by atoms with Gasteiger partial charge in [-0.25, -0.2) is 4.98 Å². The summed E-state index contributed by atoms with van der Waals surface area (Å²) in [5.74, 6) is -0.257. The summed E-state index contributed by atoms with van der Waals surface area (Å²) in [6.07, 6.45) is 8.95. The van der Waals surface area contributed by atoms with Crippen molar-refractivity contribution in [2.75, 3.05) is 69.7 Å². The highest BCUT2D eigenvalue weighted by Crippen LogP contribution is 2.33. The number of carboxylic acids is 1. The molecular weight excluding hydrogens is 646 g/mol. The molecule has 0 spiro atoms. The molecule has 0 unspecified atom stereocenters. The summed E-state index contributed by atoms with van der Waals surface area (Å²) >= 11 is 0.